The number of esters is 1. The van der Waals surface area contributed by atoms with E-state index in [0.29, 0.717) is 24.3 Å². The van der Waals surface area contributed by atoms with E-state index in [9.17, 15) is 9.59 Å². The summed E-state index contributed by atoms with van der Waals surface area (Å²) in [5, 5.41) is 0. The van der Waals surface area contributed by atoms with E-state index in [-0.39, 0.29) is 17.6 Å². The van der Waals surface area contributed by atoms with Crippen molar-refractivity contribution in [2.75, 3.05) is 14.2 Å². The average molecular weight is 301 g/mol. The molecule has 1 aromatic heterocycles. The summed E-state index contributed by atoms with van der Waals surface area (Å²) >= 11 is 0. The van der Waals surface area contributed by atoms with E-state index < -0.39 is 11.4 Å². The van der Waals surface area contributed by atoms with Crippen LogP contribution in [0.4, 0.5) is 0 Å². The van der Waals surface area contributed by atoms with Crippen LogP contribution in [-0.4, -0.2) is 31.0 Å². The summed E-state index contributed by atoms with van der Waals surface area (Å²) in [5.41, 5.74) is 0.996. The molecule has 0 aromatic carbocycles. The Morgan fingerprint density at radius 2 is 2.14 bits per heavy atom. The van der Waals surface area contributed by atoms with Crippen molar-refractivity contribution in [1.82, 2.24) is 4.98 Å². The third-order valence-electron chi connectivity index (χ3n) is 4.92. The topological polar surface area (TPSA) is 65.5 Å². The predicted molar refractivity (Wildman–Crippen MR) is 79.8 cm³/mol. The number of rotatable bonds is 2. The van der Waals surface area contributed by atoms with Crippen LogP contribution in [0.25, 0.3) is 0 Å². The Kier molecular flexibility index (Phi) is 3.31. The first kappa shape index (κ1) is 14.8. The van der Waals surface area contributed by atoms with Crippen molar-refractivity contribution in [3.8, 4) is 5.88 Å². The molecule has 0 radical (unpaired) electrons. The fourth-order valence-electron chi connectivity index (χ4n) is 3.81. The molecular weight excluding hydrogens is 282 g/mol. The summed E-state index contributed by atoms with van der Waals surface area (Å²) in [4.78, 5) is 30.0. The van der Waals surface area contributed by atoms with Gasteiger partial charge in [-0.05, 0) is 18.4 Å². The highest BCUT2D eigenvalue weighted by atomic mass is 16.5. The van der Waals surface area contributed by atoms with Gasteiger partial charge >= 0.3 is 5.97 Å². The van der Waals surface area contributed by atoms with Crippen molar-refractivity contribution in [1.29, 1.82) is 0 Å². The summed E-state index contributed by atoms with van der Waals surface area (Å²) in [5.74, 6) is -0.473. The van der Waals surface area contributed by atoms with Gasteiger partial charge in [0, 0.05) is 17.9 Å². The minimum Gasteiger partial charge on any atom is -0.481 e. The molecule has 3 unspecified atom stereocenters. The van der Waals surface area contributed by atoms with Gasteiger partial charge in [0.1, 0.15) is 0 Å². The third-order valence-corrected chi connectivity index (χ3v) is 4.92. The Morgan fingerprint density at radius 3 is 2.77 bits per heavy atom. The SMILES string of the molecule is C=C1CC2C(=O)C(C(=O)OC)(C1)c1ccc(OC)nc1C2C. The van der Waals surface area contributed by atoms with Crippen LogP contribution in [0.2, 0.25) is 0 Å². The molecular formula is C17H19NO4. The average Bonchev–Trinajstić information content (AvgIpc) is 2.53. The standard InChI is InChI=1S/C17H19NO4/c1-9-7-11-10(2)14-12(5-6-13(18-14)21-3)17(8-9,15(11)19)16(20)22-4/h5-6,10-11H,1,7-8H2,2-4H3. The van der Waals surface area contributed by atoms with E-state index in [2.05, 4.69) is 11.6 Å². The lowest BCUT2D eigenvalue weighted by atomic mass is 9.55. The minimum absolute atomic E-state index is 0.0706. The van der Waals surface area contributed by atoms with Crippen molar-refractivity contribution in [3.63, 3.8) is 0 Å². The fourth-order valence-corrected chi connectivity index (χ4v) is 3.81. The molecule has 116 valence electrons. The number of ketones is 1. The summed E-state index contributed by atoms with van der Waals surface area (Å²) in [7, 11) is 2.86. The lowest BCUT2D eigenvalue weighted by Crippen LogP contribution is -2.55. The zero-order valence-electron chi connectivity index (χ0n) is 13.0. The van der Waals surface area contributed by atoms with Crippen molar-refractivity contribution in [2.24, 2.45) is 5.92 Å². The van der Waals surface area contributed by atoms with E-state index in [1.807, 2.05) is 6.92 Å². The normalized spacial score (nSPS) is 29.8. The molecule has 0 aliphatic heterocycles. The highest BCUT2D eigenvalue weighted by molar-refractivity contribution is 6.13. The second-order valence-corrected chi connectivity index (χ2v) is 6.07. The number of nitrogens with zero attached hydrogens (tertiary/aromatic N) is 1. The van der Waals surface area contributed by atoms with Crippen molar-refractivity contribution in [3.05, 3.63) is 35.5 Å². The Morgan fingerprint density at radius 1 is 1.41 bits per heavy atom. The number of hydrogen-bond acceptors (Lipinski definition) is 5. The number of allylic oxidation sites excluding steroid dienone is 1. The lowest BCUT2D eigenvalue weighted by molar-refractivity contribution is -0.155. The number of carbonyl (C=O) groups excluding carboxylic acids is 2. The Hall–Kier alpha value is -2.17. The molecule has 3 atom stereocenters. The predicted octanol–water partition coefficient (Wildman–Crippen LogP) is 2.15. The Labute approximate surface area is 129 Å². The lowest BCUT2D eigenvalue weighted by Gasteiger charge is -2.45. The number of carbonyl (C=O) groups is 2. The number of fused-ring (bicyclic) bond motifs is 4. The molecule has 2 aliphatic rings. The minimum atomic E-state index is -1.30. The molecule has 0 spiro atoms. The van der Waals surface area contributed by atoms with Crippen LogP contribution in [0.5, 0.6) is 5.88 Å². The first-order valence-corrected chi connectivity index (χ1v) is 7.30. The van der Waals surface area contributed by atoms with E-state index in [4.69, 9.17) is 9.47 Å². The van der Waals surface area contributed by atoms with Crippen LogP contribution >= 0.6 is 0 Å². The summed E-state index contributed by atoms with van der Waals surface area (Å²) in [6.07, 6.45) is 0.889. The second kappa shape index (κ2) is 4.93. The number of pyridine rings is 1. The van der Waals surface area contributed by atoms with Crippen LogP contribution < -0.4 is 4.74 Å². The maximum Gasteiger partial charge on any atom is 0.324 e. The summed E-state index contributed by atoms with van der Waals surface area (Å²) in [6, 6.07) is 3.45. The molecule has 5 nitrogen and oxygen atoms in total. The molecule has 5 heteroatoms. The Bertz CT molecular complexity index is 681. The molecule has 2 bridgehead atoms. The van der Waals surface area contributed by atoms with Gasteiger partial charge in [-0.15, -0.1) is 0 Å². The van der Waals surface area contributed by atoms with Crippen LogP contribution in [0.3, 0.4) is 0 Å². The monoisotopic (exact) mass is 301 g/mol. The summed E-state index contributed by atoms with van der Waals surface area (Å²) < 4.78 is 10.2. The zero-order valence-corrected chi connectivity index (χ0v) is 13.0. The van der Waals surface area contributed by atoms with Gasteiger partial charge in [-0.1, -0.05) is 25.1 Å². The molecule has 1 fully saturated rings. The summed E-state index contributed by atoms with van der Waals surface area (Å²) in [6.45, 7) is 5.99. The maximum absolute atomic E-state index is 13.0. The van der Waals surface area contributed by atoms with Crippen molar-refractivity contribution >= 4 is 11.8 Å². The van der Waals surface area contributed by atoms with E-state index in [0.717, 1.165) is 11.3 Å². The highest BCUT2D eigenvalue weighted by Crippen LogP contribution is 2.52. The molecule has 0 saturated heterocycles. The smallest absolute Gasteiger partial charge is 0.324 e. The number of ether oxygens (including phenoxy) is 2. The molecule has 0 N–H and O–H groups in total. The van der Waals surface area contributed by atoms with Gasteiger partial charge in [-0.3, -0.25) is 9.59 Å². The maximum atomic E-state index is 13.0. The van der Waals surface area contributed by atoms with Crippen molar-refractivity contribution < 1.29 is 19.1 Å². The Balaban J connectivity index is 2.30. The first-order valence-electron chi connectivity index (χ1n) is 7.30. The van der Waals surface area contributed by atoms with Gasteiger partial charge in [-0.2, -0.15) is 0 Å². The molecule has 0 amide bonds. The molecule has 22 heavy (non-hydrogen) atoms. The van der Waals surface area contributed by atoms with Crippen LogP contribution in [-0.2, 0) is 19.7 Å². The first-order chi connectivity index (χ1) is 10.5. The van der Waals surface area contributed by atoms with Crippen molar-refractivity contribution in [2.45, 2.75) is 31.1 Å². The van der Waals surface area contributed by atoms with E-state index in [1.165, 1.54) is 7.11 Å². The second-order valence-electron chi connectivity index (χ2n) is 6.07. The van der Waals surface area contributed by atoms with Gasteiger partial charge in [0.15, 0.2) is 11.2 Å². The van der Waals surface area contributed by atoms with Gasteiger partial charge in [-0.25, -0.2) is 4.98 Å². The van der Waals surface area contributed by atoms with Crippen LogP contribution in [0, 0.1) is 5.92 Å². The number of methoxy groups -OCH3 is 2. The van der Waals surface area contributed by atoms with E-state index >= 15 is 0 Å². The van der Waals surface area contributed by atoms with Crippen LogP contribution in [0.15, 0.2) is 24.3 Å². The quantitative estimate of drug-likeness (QED) is 0.476. The molecule has 1 heterocycles. The molecule has 3 rings (SSSR count). The molecule has 1 saturated carbocycles. The largest absolute Gasteiger partial charge is 0.481 e. The number of Topliss-reactive ketones (excluding diaryl/α,β-unsaturated/α-hetero) is 1. The van der Waals surface area contributed by atoms with Gasteiger partial charge < -0.3 is 9.47 Å². The van der Waals surface area contributed by atoms with Crippen LogP contribution in [0.1, 0.15) is 36.9 Å². The van der Waals surface area contributed by atoms with Gasteiger partial charge in [0.2, 0.25) is 5.88 Å². The number of hydrogen-bond donors (Lipinski definition) is 0. The molecule has 1 aromatic rings. The number of aromatic nitrogens is 1. The third kappa shape index (κ3) is 1.74. The van der Waals surface area contributed by atoms with Gasteiger partial charge in [0.05, 0.1) is 19.9 Å². The van der Waals surface area contributed by atoms with E-state index in [1.54, 1.807) is 19.2 Å². The zero-order chi connectivity index (χ0) is 16.1. The highest BCUT2D eigenvalue weighted by Gasteiger charge is 2.59. The fraction of sp³-hybridized carbons (Fsp3) is 0.471. The molecule has 2 aliphatic carbocycles. The van der Waals surface area contributed by atoms with Gasteiger partial charge in [0.25, 0.3) is 0 Å².